The molecule has 0 radical (unpaired) electrons. The van der Waals surface area contributed by atoms with Crippen molar-refractivity contribution in [2.24, 2.45) is 5.73 Å². The minimum atomic E-state index is 0.246. The van der Waals surface area contributed by atoms with E-state index in [1.54, 1.807) is 17.1 Å². The van der Waals surface area contributed by atoms with Crippen LogP contribution in [0.3, 0.4) is 0 Å². The zero-order chi connectivity index (χ0) is 15.1. The molecule has 4 heterocycles. The first-order valence-corrected chi connectivity index (χ1v) is 6.77. The molecule has 0 fully saturated rings. The molecule has 0 spiro atoms. The van der Waals surface area contributed by atoms with E-state index in [0.717, 1.165) is 5.39 Å². The lowest BCUT2D eigenvalue weighted by Gasteiger charge is -2.01. The zero-order valence-electron chi connectivity index (χ0n) is 11.6. The van der Waals surface area contributed by atoms with Gasteiger partial charge in [0.15, 0.2) is 11.3 Å². The molecule has 110 valence electrons. The van der Waals surface area contributed by atoms with Gasteiger partial charge in [-0.3, -0.25) is 4.98 Å². The van der Waals surface area contributed by atoms with Crippen molar-refractivity contribution in [3.05, 3.63) is 30.6 Å². The number of pyridine rings is 1. The largest absolute Gasteiger partial charge is 0.368 e. The highest BCUT2D eigenvalue weighted by molar-refractivity contribution is 5.90. The van der Waals surface area contributed by atoms with Crippen LogP contribution in [0.2, 0.25) is 0 Å². The van der Waals surface area contributed by atoms with Crippen molar-refractivity contribution < 1.29 is 0 Å². The molecule has 0 bridgehead atoms. The standard InChI is InChI=1S/C13H13N9/c14-4-6-21-11-8(7-17-21)12-18-10(9-3-1-2-5-16-9)20-22(12)13(15)19-11/h1-3,5,7H,4,6,14H2,(H2,15,19). The normalized spacial score (nSPS) is 11.5. The molecule has 0 aliphatic heterocycles. The van der Waals surface area contributed by atoms with Crippen LogP contribution >= 0.6 is 0 Å². The predicted octanol–water partition coefficient (Wildman–Crippen LogP) is 0.0769. The Morgan fingerprint density at radius 2 is 2.05 bits per heavy atom. The maximum absolute atomic E-state index is 5.99. The van der Waals surface area contributed by atoms with Gasteiger partial charge in [-0.15, -0.1) is 5.10 Å². The first-order chi connectivity index (χ1) is 10.8. The second-order valence-corrected chi connectivity index (χ2v) is 4.75. The number of anilines is 1. The molecule has 0 unspecified atom stereocenters. The van der Waals surface area contributed by atoms with Gasteiger partial charge in [-0.05, 0) is 12.1 Å². The van der Waals surface area contributed by atoms with Gasteiger partial charge in [0.2, 0.25) is 11.8 Å². The van der Waals surface area contributed by atoms with Gasteiger partial charge in [-0.2, -0.15) is 14.6 Å². The van der Waals surface area contributed by atoms with E-state index in [-0.39, 0.29) is 5.95 Å². The maximum atomic E-state index is 5.99. The van der Waals surface area contributed by atoms with Crippen LogP contribution in [0.25, 0.3) is 28.2 Å². The van der Waals surface area contributed by atoms with Crippen molar-refractivity contribution in [1.29, 1.82) is 0 Å². The number of aromatic nitrogens is 7. The van der Waals surface area contributed by atoms with Crippen LogP contribution in [0.15, 0.2) is 30.6 Å². The first-order valence-electron chi connectivity index (χ1n) is 6.77. The summed E-state index contributed by atoms with van der Waals surface area (Å²) in [5.74, 6) is 0.740. The van der Waals surface area contributed by atoms with Gasteiger partial charge in [-0.25, -0.2) is 9.67 Å². The summed E-state index contributed by atoms with van der Waals surface area (Å²) >= 11 is 0. The molecule has 0 atom stereocenters. The lowest BCUT2D eigenvalue weighted by molar-refractivity contribution is 0.640. The molecule has 4 rings (SSSR count). The molecule has 0 saturated carbocycles. The van der Waals surface area contributed by atoms with E-state index >= 15 is 0 Å². The summed E-state index contributed by atoms with van der Waals surface area (Å²) in [4.78, 5) is 13.1. The lowest BCUT2D eigenvalue weighted by atomic mass is 10.3. The highest BCUT2D eigenvalue weighted by Crippen LogP contribution is 2.22. The van der Waals surface area contributed by atoms with E-state index in [9.17, 15) is 0 Å². The summed E-state index contributed by atoms with van der Waals surface area (Å²) in [6.07, 6.45) is 3.39. The van der Waals surface area contributed by atoms with Gasteiger partial charge in [-0.1, -0.05) is 6.07 Å². The Morgan fingerprint density at radius 1 is 1.14 bits per heavy atom. The van der Waals surface area contributed by atoms with Crippen molar-refractivity contribution in [3.8, 4) is 11.5 Å². The van der Waals surface area contributed by atoms with Crippen molar-refractivity contribution in [3.63, 3.8) is 0 Å². The molecule has 0 amide bonds. The van der Waals surface area contributed by atoms with Crippen LogP contribution in [-0.2, 0) is 6.54 Å². The van der Waals surface area contributed by atoms with Crippen LogP contribution < -0.4 is 11.5 Å². The van der Waals surface area contributed by atoms with Gasteiger partial charge >= 0.3 is 0 Å². The van der Waals surface area contributed by atoms with E-state index in [2.05, 4.69) is 25.1 Å². The molecular formula is C13H13N9. The van der Waals surface area contributed by atoms with E-state index in [4.69, 9.17) is 11.5 Å². The average Bonchev–Trinajstić information content (AvgIpc) is 3.14. The van der Waals surface area contributed by atoms with Gasteiger partial charge in [0.25, 0.3) is 0 Å². The second kappa shape index (κ2) is 4.74. The summed E-state index contributed by atoms with van der Waals surface area (Å²) < 4.78 is 3.21. The molecule has 9 nitrogen and oxygen atoms in total. The number of hydrogen-bond donors (Lipinski definition) is 2. The number of hydrogen-bond acceptors (Lipinski definition) is 7. The quantitative estimate of drug-likeness (QED) is 0.548. The number of fused-ring (bicyclic) bond motifs is 3. The number of nitrogen functional groups attached to an aromatic ring is 1. The fourth-order valence-corrected chi connectivity index (χ4v) is 2.35. The fraction of sp³-hybridized carbons (Fsp3) is 0.154. The van der Waals surface area contributed by atoms with Crippen molar-refractivity contribution in [2.75, 3.05) is 12.3 Å². The molecular weight excluding hydrogens is 282 g/mol. The first kappa shape index (κ1) is 12.7. The topological polar surface area (TPSA) is 126 Å². The second-order valence-electron chi connectivity index (χ2n) is 4.75. The summed E-state index contributed by atoms with van der Waals surface area (Å²) in [6, 6.07) is 5.56. The SMILES string of the molecule is NCCn1ncc2c1nc(N)n1nc(-c3ccccn3)nc21. The molecule has 0 aromatic carbocycles. The number of nitrogens with two attached hydrogens (primary N) is 2. The molecule has 4 aromatic rings. The predicted molar refractivity (Wildman–Crippen MR) is 80.8 cm³/mol. The van der Waals surface area contributed by atoms with Gasteiger partial charge in [0.1, 0.15) is 5.69 Å². The molecule has 0 saturated heterocycles. The Bertz CT molecular complexity index is 954. The Labute approximate surface area is 124 Å². The molecule has 0 aliphatic carbocycles. The lowest BCUT2D eigenvalue weighted by Crippen LogP contribution is -2.12. The smallest absolute Gasteiger partial charge is 0.225 e. The summed E-state index contributed by atoms with van der Waals surface area (Å²) in [6.45, 7) is 1.03. The van der Waals surface area contributed by atoms with Crippen LogP contribution in [0.5, 0.6) is 0 Å². The molecule has 4 N–H and O–H groups in total. The minimum absolute atomic E-state index is 0.246. The number of rotatable bonds is 3. The molecule has 0 aliphatic rings. The third-order valence-corrected chi connectivity index (χ3v) is 3.33. The Balaban J connectivity index is 1.99. The zero-order valence-corrected chi connectivity index (χ0v) is 11.6. The summed E-state index contributed by atoms with van der Waals surface area (Å²) in [5.41, 5.74) is 13.5. The maximum Gasteiger partial charge on any atom is 0.225 e. The highest BCUT2D eigenvalue weighted by Gasteiger charge is 2.16. The third kappa shape index (κ3) is 1.79. The van der Waals surface area contributed by atoms with Crippen LogP contribution in [0.1, 0.15) is 0 Å². The van der Waals surface area contributed by atoms with Crippen LogP contribution in [0.4, 0.5) is 5.95 Å². The van der Waals surface area contributed by atoms with Crippen molar-refractivity contribution in [1.82, 2.24) is 34.3 Å². The van der Waals surface area contributed by atoms with E-state index in [1.807, 2.05) is 18.2 Å². The van der Waals surface area contributed by atoms with Crippen molar-refractivity contribution >= 4 is 22.6 Å². The van der Waals surface area contributed by atoms with Gasteiger partial charge in [0.05, 0.1) is 18.1 Å². The molecule has 9 heteroatoms. The molecule has 22 heavy (non-hydrogen) atoms. The fourth-order valence-electron chi connectivity index (χ4n) is 2.35. The van der Waals surface area contributed by atoms with E-state index in [0.29, 0.717) is 35.9 Å². The Hall–Kier alpha value is -3.07. The molecule has 4 aromatic heterocycles. The van der Waals surface area contributed by atoms with Gasteiger partial charge in [0, 0.05) is 12.7 Å². The summed E-state index contributed by atoms with van der Waals surface area (Å²) in [7, 11) is 0. The Kier molecular flexibility index (Phi) is 2.73. The number of nitrogens with zero attached hydrogens (tertiary/aromatic N) is 7. The van der Waals surface area contributed by atoms with Gasteiger partial charge < -0.3 is 11.5 Å². The summed E-state index contributed by atoms with van der Waals surface area (Å²) in [5, 5.41) is 9.44. The van der Waals surface area contributed by atoms with E-state index < -0.39 is 0 Å². The van der Waals surface area contributed by atoms with Crippen molar-refractivity contribution in [2.45, 2.75) is 6.54 Å². The average molecular weight is 295 g/mol. The van der Waals surface area contributed by atoms with Crippen LogP contribution in [-0.4, -0.2) is 40.9 Å². The minimum Gasteiger partial charge on any atom is -0.368 e. The third-order valence-electron chi connectivity index (χ3n) is 3.33. The Morgan fingerprint density at radius 3 is 2.82 bits per heavy atom. The van der Waals surface area contributed by atoms with E-state index in [1.165, 1.54) is 4.52 Å². The highest BCUT2D eigenvalue weighted by atomic mass is 15.4. The van der Waals surface area contributed by atoms with Crippen LogP contribution in [0, 0.1) is 0 Å². The monoisotopic (exact) mass is 295 g/mol.